The lowest BCUT2D eigenvalue weighted by molar-refractivity contribution is 0.108. The van der Waals surface area contributed by atoms with Crippen molar-refractivity contribution in [1.29, 1.82) is 0 Å². The molecule has 1 aromatic heterocycles. The molecule has 0 saturated heterocycles. The van der Waals surface area contributed by atoms with Gasteiger partial charge in [0.2, 0.25) is 5.88 Å². The highest BCUT2D eigenvalue weighted by Crippen LogP contribution is 2.36. The molecule has 0 amide bonds. The Balaban J connectivity index is 1.65. The van der Waals surface area contributed by atoms with Crippen molar-refractivity contribution < 1.29 is 14.6 Å². The van der Waals surface area contributed by atoms with E-state index in [1.165, 1.54) is 0 Å². The molecule has 36 heavy (non-hydrogen) atoms. The summed E-state index contributed by atoms with van der Waals surface area (Å²) < 4.78 is 13.9. The standard InChI is InChI=1S/C30H35N3O3/c1-4-19-32(21-26(34)20-24-13-7-5-8-14-24)22-27-23(2)31-33(25-15-9-6-10-16-25)30(27)36-29-18-12-11-17-28(29)35-3/h5-18,26,34H,4,19-22H2,1-3H3. The van der Waals surface area contributed by atoms with Gasteiger partial charge in [-0.3, -0.25) is 4.90 Å². The smallest absolute Gasteiger partial charge is 0.227 e. The van der Waals surface area contributed by atoms with Crippen LogP contribution in [-0.4, -0.2) is 46.1 Å². The molecule has 1 atom stereocenters. The largest absolute Gasteiger partial charge is 0.493 e. The van der Waals surface area contributed by atoms with Crippen LogP contribution in [-0.2, 0) is 13.0 Å². The SMILES string of the molecule is CCCN(Cc1c(C)nn(-c2ccccc2)c1Oc1ccccc1OC)CC(O)Cc1ccccc1. The van der Waals surface area contributed by atoms with Crippen molar-refractivity contribution >= 4 is 0 Å². The number of aliphatic hydroxyl groups excluding tert-OH is 1. The van der Waals surface area contributed by atoms with Gasteiger partial charge in [-0.15, -0.1) is 0 Å². The third-order valence-corrected chi connectivity index (χ3v) is 6.12. The number of nitrogens with zero attached hydrogens (tertiary/aromatic N) is 3. The van der Waals surface area contributed by atoms with Crippen LogP contribution in [0.5, 0.6) is 17.4 Å². The maximum atomic E-state index is 10.9. The molecule has 3 aromatic carbocycles. The van der Waals surface area contributed by atoms with E-state index in [9.17, 15) is 5.11 Å². The zero-order valence-corrected chi connectivity index (χ0v) is 21.3. The molecule has 188 valence electrons. The summed E-state index contributed by atoms with van der Waals surface area (Å²) in [4.78, 5) is 2.28. The monoisotopic (exact) mass is 485 g/mol. The number of aryl methyl sites for hydroxylation is 1. The van der Waals surface area contributed by atoms with Crippen LogP contribution in [0, 0.1) is 6.92 Å². The van der Waals surface area contributed by atoms with Gasteiger partial charge in [0.1, 0.15) is 0 Å². The maximum Gasteiger partial charge on any atom is 0.227 e. The highest BCUT2D eigenvalue weighted by atomic mass is 16.5. The van der Waals surface area contributed by atoms with Crippen LogP contribution in [0.25, 0.3) is 5.69 Å². The van der Waals surface area contributed by atoms with Crippen LogP contribution in [0.1, 0.15) is 30.2 Å². The van der Waals surface area contributed by atoms with Gasteiger partial charge in [0.15, 0.2) is 11.5 Å². The topological polar surface area (TPSA) is 59.8 Å². The van der Waals surface area contributed by atoms with Crippen LogP contribution in [0.3, 0.4) is 0 Å². The zero-order valence-electron chi connectivity index (χ0n) is 21.3. The van der Waals surface area contributed by atoms with Gasteiger partial charge < -0.3 is 14.6 Å². The van der Waals surface area contributed by atoms with E-state index in [2.05, 4.69) is 24.0 Å². The fourth-order valence-electron chi connectivity index (χ4n) is 4.40. The van der Waals surface area contributed by atoms with Crippen molar-refractivity contribution in [1.82, 2.24) is 14.7 Å². The Labute approximate surface area is 213 Å². The summed E-state index contributed by atoms with van der Waals surface area (Å²) in [5, 5.41) is 15.7. The van der Waals surface area contributed by atoms with Gasteiger partial charge in [0.25, 0.3) is 0 Å². The van der Waals surface area contributed by atoms with Crippen molar-refractivity contribution in [3.05, 3.63) is 102 Å². The average molecular weight is 486 g/mol. The first-order valence-electron chi connectivity index (χ1n) is 12.5. The number of ether oxygens (including phenoxy) is 2. The zero-order chi connectivity index (χ0) is 25.3. The number of para-hydroxylation sites is 3. The molecule has 6 nitrogen and oxygen atoms in total. The minimum Gasteiger partial charge on any atom is -0.493 e. The number of benzene rings is 3. The predicted octanol–water partition coefficient (Wildman–Crippen LogP) is 5.80. The minimum atomic E-state index is -0.470. The summed E-state index contributed by atoms with van der Waals surface area (Å²) in [6.45, 7) is 6.20. The number of rotatable bonds is 12. The molecule has 1 N–H and O–H groups in total. The molecule has 0 bridgehead atoms. The van der Waals surface area contributed by atoms with Gasteiger partial charge in [-0.1, -0.05) is 67.6 Å². The normalized spacial score (nSPS) is 12.0. The lowest BCUT2D eigenvalue weighted by Crippen LogP contribution is -2.34. The first-order valence-corrected chi connectivity index (χ1v) is 12.5. The summed E-state index contributed by atoms with van der Waals surface area (Å²) in [6.07, 6.45) is 1.13. The second-order valence-corrected chi connectivity index (χ2v) is 8.95. The van der Waals surface area contributed by atoms with Crippen LogP contribution >= 0.6 is 0 Å². The average Bonchev–Trinajstić information content (AvgIpc) is 3.20. The van der Waals surface area contributed by atoms with E-state index in [0.717, 1.165) is 35.5 Å². The van der Waals surface area contributed by atoms with Gasteiger partial charge in [-0.2, -0.15) is 5.10 Å². The van der Waals surface area contributed by atoms with Crippen molar-refractivity contribution in [2.24, 2.45) is 0 Å². The van der Waals surface area contributed by atoms with E-state index < -0.39 is 6.10 Å². The molecule has 0 radical (unpaired) electrons. The Morgan fingerprint density at radius 3 is 2.22 bits per heavy atom. The van der Waals surface area contributed by atoms with Crippen LogP contribution in [0.4, 0.5) is 0 Å². The molecule has 1 heterocycles. The highest BCUT2D eigenvalue weighted by molar-refractivity contribution is 5.47. The molecule has 4 rings (SSSR count). The van der Waals surface area contributed by atoms with Gasteiger partial charge in [-0.05, 0) is 56.1 Å². The van der Waals surface area contributed by atoms with Gasteiger partial charge in [0.05, 0.1) is 30.2 Å². The van der Waals surface area contributed by atoms with E-state index in [1.807, 2.05) is 84.4 Å². The molecule has 0 fully saturated rings. The molecular formula is C30H35N3O3. The van der Waals surface area contributed by atoms with Crippen LogP contribution in [0.15, 0.2) is 84.9 Å². The van der Waals surface area contributed by atoms with Gasteiger partial charge >= 0.3 is 0 Å². The van der Waals surface area contributed by atoms with E-state index in [4.69, 9.17) is 14.6 Å². The number of hydrogen-bond donors (Lipinski definition) is 1. The quantitative estimate of drug-likeness (QED) is 0.275. The number of methoxy groups -OCH3 is 1. The number of aromatic nitrogens is 2. The molecule has 4 aromatic rings. The Bertz CT molecular complexity index is 1220. The number of aliphatic hydroxyl groups is 1. The molecule has 0 aliphatic carbocycles. The predicted molar refractivity (Wildman–Crippen MR) is 143 cm³/mol. The Hall–Kier alpha value is -3.61. The summed E-state index contributed by atoms with van der Waals surface area (Å²) in [7, 11) is 1.64. The summed E-state index contributed by atoms with van der Waals surface area (Å²) in [5.41, 5.74) is 3.94. The number of hydrogen-bond acceptors (Lipinski definition) is 5. The molecular weight excluding hydrogens is 450 g/mol. The molecule has 0 saturated carbocycles. The summed E-state index contributed by atoms with van der Waals surface area (Å²) in [5.74, 6) is 1.94. The fourth-order valence-corrected chi connectivity index (χ4v) is 4.40. The third kappa shape index (κ3) is 6.33. The van der Waals surface area contributed by atoms with Crippen LogP contribution < -0.4 is 9.47 Å². The van der Waals surface area contributed by atoms with Gasteiger partial charge in [0, 0.05) is 13.1 Å². The Morgan fingerprint density at radius 2 is 1.56 bits per heavy atom. The van der Waals surface area contributed by atoms with Crippen molar-refractivity contribution in [2.75, 3.05) is 20.2 Å². The Morgan fingerprint density at radius 1 is 0.917 bits per heavy atom. The third-order valence-electron chi connectivity index (χ3n) is 6.12. The summed E-state index contributed by atoms with van der Waals surface area (Å²) in [6, 6.07) is 27.7. The molecule has 0 aliphatic rings. The van der Waals surface area contributed by atoms with E-state index in [0.29, 0.717) is 36.9 Å². The Kier molecular flexibility index (Phi) is 8.76. The second kappa shape index (κ2) is 12.4. The highest BCUT2D eigenvalue weighted by Gasteiger charge is 2.23. The summed E-state index contributed by atoms with van der Waals surface area (Å²) >= 11 is 0. The lowest BCUT2D eigenvalue weighted by Gasteiger charge is -2.25. The van der Waals surface area contributed by atoms with Crippen molar-refractivity contribution in [2.45, 2.75) is 39.3 Å². The van der Waals surface area contributed by atoms with Crippen LogP contribution in [0.2, 0.25) is 0 Å². The molecule has 0 aliphatic heterocycles. The van der Waals surface area contributed by atoms with Crippen molar-refractivity contribution in [3.63, 3.8) is 0 Å². The first kappa shape index (κ1) is 25.5. The lowest BCUT2D eigenvalue weighted by atomic mass is 10.1. The molecule has 0 spiro atoms. The van der Waals surface area contributed by atoms with E-state index >= 15 is 0 Å². The molecule has 1 unspecified atom stereocenters. The maximum absolute atomic E-state index is 10.9. The second-order valence-electron chi connectivity index (χ2n) is 8.95. The van der Waals surface area contributed by atoms with E-state index in [-0.39, 0.29) is 0 Å². The minimum absolute atomic E-state index is 0.470. The van der Waals surface area contributed by atoms with Gasteiger partial charge in [-0.25, -0.2) is 4.68 Å². The fraction of sp³-hybridized carbons (Fsp3) is 0.300. The van der Waals surface area contributed by atoms with Crippen molar-refractivity contribution in [3.8, 4) is 23.1 Å². The first-order chi connectivity index (χ1) is 17.6. The van der Waals surface area contributed by atoms with E-state index in [1.54, 1.807) is 7.11 Å². The molecule has 6 heteroatoms.